The summed E-state index contributed by atoms with van der Waals surface area (Å²) in [5, 5.41) is 10.6. The van der Waals surface area contributed by atoms with Crippen LogP contribution in [0.25, 0.3) is 0 Å². The molecule has 0 unspecified atom stereocenters. The van der Waals surface area contributed by atoms with Crippen molar-refractivity contribution in [1.29, 1.82) is 0 Å². The number of ether oxygens (including phenoxy) is 3. The lowest BCUT2D eigenvalue weighted by Crippen LogP contribution is -2.30. The number of carbonyl (C=O) groups is 1. The topological polar surface area (TPSA) is 129 Å². The number of nitrogens with one attached hydrogen (secondary N) is 2. The van der Waals surface area contributed by atoms with Gasteiger partial charge in [-0.1, -0.05) is 12.1 Å². The van der Waals surface area contributed by atoms with Crippen molar-refractivity contribution in [3.8, 4) is 17.2 Å². The molecule has 0 aromatic heterocycles. The number of rotatable bonds is 11. The Labute approximate surface area is 182 Å². The van der Waals surface area contributed by atoms with Gasteiger partial charge >= 0.3 is 6.03 Å². The van der Waals surface area contributed by atoms with E-state index >= 15 is 0 Å². The highest BCUT2D eigenvalue weighted by atomic mass is 32.2. The largest absolute Gasteiger partial charge is 0.490 e. The summed E-state index contributed by atoms with van der Waals surface area (Å²) in [6, 6.07) is 9.17. The maximum atomic E-state index is 12.3. The molecule has 2 aromatic carbocycles. The Morgan fingerprint density at radius 3 is 1.97 bits per heavy atom. The third-order valence-corrected chi connectivity index (χ3v) is 5.05. The fourth-order valence-electron chi connectivity index (χ4n) is 2.80. The molecule has 0 aliphatic rings. The summed E-state index contributed by atoms with van der Waals surface area (Å²) < 4.78 is 39.5. The molecule has 0 aliphatic carbocycles. The van der Waals surface area contributed by atoms with Gasteiger partial charge in [0.25, 0.3) is 0 Å². The highest BCUT2D eigenvalue weighted by Gasteiger charge is 2.16. The van der Waals surface area contributed by atoms with E-state index in [0.29, 0.717) is 55.7 Å². The van der Waals surface area contributed by atoms with Crippen molar-refractivity contribution >= 4 is 21.7 Å². The van der Waals surface area contributed by atoms with Crippen LogP contribution in [0.1, 0.15) is 26.3 Å². The van der Waals surface area contributed by atoms with Gasteiger partial charge in [0.1, 0.15) is 0 Å². The molecule has 2 amide bonds. The number of sulfonamides is 1. The second-order valence-corrected chi connectivity index (χ2v) is 7.98. The summed E-state index contributed by atoms with van der Waals surface area (Å²) >= 11 is 0. The lowest BCUT2D eigenvalue weighted by Gasteiger charge is -2.17. The van der Waals surface area contributed by atoms with E-state index in [4.69, 9.17) is 19.3 Å². The normalized spacial score (nSPS) is 11.0. The van der Waals surface area contributed by atoms with Crippen molar-refractivity contribution in [2.45, 2.75) is 32.1 Å². The molecule has 0 bridgehead atoms. The molecule has 31 heavy (non-hydrogen) atoms. The number of benzene rings is 2. The number of hydrogen-bond acceptors (Lipinski definition) is 6. The SMILES string of the molecule is CCOc1cc(NC(=O)NCCc2ccc(S(N)(=O)=O)cc2)cc(OCC)c1OCC. The Morgan fingerprint density at radius 1 is 0.935 bits per heavy atom. The first-order valence-corrected chi connectivity index (χ1v) is 11.6. The fraction of sp³-hybridized carbons (Fsp3) is 0.381. The fourth-order valence-corrected chi connectivity index (χ4v) is 3.32. The minimum Gasteiger partial charge on any atom is -0.490 e. The molecule has 0 heterocycles. The van der Waals surface area contributed by atoms with E-state index in [0.717, 1.165) is 5.56 Å². The highest BCUT2D eigenvalue weighted by Crippen LogP contribution is 2.40. The van der Waals surface area contributed by atoms with E-state index in [9.17, 15) is 13.2 Å². The maximum Gasteiger partial charge on any atom is 0.319 e. The summed E-state index contributed by atoms with van der Waals surface area (Å²) in [7, 11) is -3.72. The molecule has 0 atom stereocenters. The molecule has 0 aliphatic heterocycles. The first kappa shape index (κ1) is 24.3. The molecule has 0 saturated carbocycles. The van der Waals surface area contributed by atoms with Gasteiger partial charge in [0, 0.05) is 18.7 Å². The predicted molar refractivity (Wildman–Crippen MR) is 118 cm³/mol. The van der Waals surface area contributed by atoms with E-state index in [1.54, 1.807) is 24.3 Å². The minimum absolute atomic E-state index is 0.0488. The average Bonchev–Trinajstić information content (AvgIpc) is 2.70. The van der Waals surface area contributed by atoms with E-state index in [2.05, 4.69) is 10.6 Å². The molecule has 2 rings (SSSR count). The lowest BCUT2D eigenvalue weighted by molar-refractivity contribution is 0.252. The van der Waals surface area contributed by atoms with Crippen LogP contribution in [-0.4, -0.2) is 40.8 Å². The van der Waals surface area contributed by atoms with Crippen LogP contribution in [-0.2, 0) is 16.4 Å². The highest BCUT2D eigenvalue weighted by molar-refractivity contribution is 7.89. The number of nitrogens with two attached hydrogens (primary N) is 1. The molecular weight excluding hydrogens is 422 g/mol. The summed E-state index contributed by atoms with van der Waals surface area (Å²) in [6.07, 6.45) is 0.524. The first-order chi connectivity index (χ1) is 14.8. The molecule has 170 valence electrons. The van der Waals surface area contributed by atoms with Gasteiger partial charge in [0.05, 0.1) is 30.4 Å². The van der Waals surface area contributed by atoms with Gasteiger partial charge in [0.15, 0.2) is 11.5 Å². The van der Waals surface area contributed by atoms with Crippen LogP contribution in [0.2, 0.25) is 0 Å². The van der Waals surface area contributed by atoms with Crippen molar-refractivity contribution < 1.29 is 27.4 Å². The number of hydrogen-bond donors (Lipinski definition) is 3. The Kier molecular flexibility index (Phi) is 8.95. The van der Waals surface area contributed by atoms with Gasteiger partial charge in [-0.2, -0.15) is 0 Å². The molecule has 4 N–H and O–H groups in total. The van der Waals surface area contributed by atoms with Crippen molar-refractivity contribution in [3.63, 3.8) is 0 Å². The van der Waals surface area contributed by atoms with Crippen LogP contribution >= 0.6 is 0 Å². The van der Waals surface area contributed by atoms with E-state index < -0.39 is 16.1 Å². The standard InChI is InChI=1S/C21H29N3O6S/c1-4-28-18-13-16(14-19(29-5-2)20(18)30-6-3)24-21(25)23-12-11-15-7-9-17(10-8-15)31(22,26)27/h7-10,13-14H,4-6,11-12H2,1-3H3,(H2,22,26,27)(H2,23,24,25). The van der Waals surface area contributed by atoms with E-state index in [1.807, 2.05) is 20.8 Å². The Balaban J connectivity index is 2.00. The number of primary sulfonamides is 1. The zero-order chi connectivity index (χ0) is 22.9. The second-order valence-electron chi connectivity index (χ2n) is 6.42. The molecule has 0 radical (unpaired) electrons. The monoisotopic (exact) mass is 451 g/mol. The van der Waals surface area contributed by atoms with Gasteiger partial charge in [-0.15, -0.1) is 0 Å². The Hall–Kier alpha value is -2.98. The van der Waals surface area contributed by atoms with Crippen molar-refractivity contribution in [3.05, 3.63) is 42.0 Å². The van der Waals surface area contributed by atoms with Gasteiger partial charge < -0.3 is 24.8 Å². The lowest BCUT2D eigenvalue weighted by atomic mass is 10.1. The minimum atomic E-state index is -3.72. The molecule has 2 aromatic rings. The van der Waals surface area contributed by atoms with E-state index in [-0.39, 0.29) is 4.90 Å². The number of carbonyl (C=O) groups excluding carboxylic acids is 1. The predicted octanol–water partition coefficient (Wildman–Crippen LogP) is 2.89. The van der Waals surface area contributed by atoms with Crippen molar-refractivity contribution in [2.24, 2.45) is 5.14 Å². The van der Waals surface area contributed by atoms with Crippen LogP contribution in [0.15, 0.2) is 41.3 Å². The summed E-state index contributed by atoms with van der Waals surface area (Å²) in [6.45, 7) is 7.27. The third kappa shape index (κ3) is 7.34. The molecule has 9 nitrogen and oxygen atoms in total. The van der Waals surface area contributed by atoms with Crippen LogP contribution in [0.3, 0.4) is 0 Å². The van der Waals surface area contributed by atoms with E-state index in [1.165, 1.54) is 12.1 Å². The molecule has 10 heteroatoms. The quantitative estimate of drug-likeness (QED) is 0.482. The smallest absolute Gasteiger partial charge is 0.319 e. The summed E-state index contributed by atoms with van der Waals surface area (Å²) in [4.78, 5) is 12.4. The van der Waals surface area contributed by atoms with Crippen LogP contribution in [0.5, 0.6) is 17.2 Å². The van der Waals surface area contributed by atoms with Crippen LogP contribution in [0, 0.1) is 0 Å². The molecular formula is C21H29N3O6S. The van der Waals surface area contributed by atoms with Crippen LogP contribution in [0.4, 0.5) is 10.5 Å². The molecule has 0 saturated heterocycles. The number of amides is 2. The summed E-state index contributed by atoms with van der Waals surface area (Å²) in [5.74, 6) is 1.47. The number of anilines is 1. The zero-order valence-corrected chi connectivity index (χ0v) is 18.8. The van der Waals surface area contributed by atoms with Crippen molar-refractivity contribution in [1.82, 2.24) is 5.32 Å². The maximum absolute atomic E-state index is 12.3. The van der Waals surface area contributed by atoms with Crippen molar-refractivity contribution in [2.75, 3.05) is 31.7 Å². The van der Waals surface area contributed by atoms with Crippen LogP contribution < -0.4 is 30.0 Å². The number of urea groups is 1. The molecule has 0 spiro atoms. The van der Waals surface area contributed by atoms with Gasteiger partial charge in [-0.3, -0.25) is 0 Å². The zero-order valence-electron chi connectivity index (χ0n) is 17.9. The Morgan fingerprint density at radius 2 is 1.48 bits per heavy atom. The summed E-state index contributed by atoms with van der Waals surface area (Å²) in [5.41, 5.74) is 1.37. The third-order valence-electron chi connectivity index (χ3n) is 4.12. The van der Waals surface area contributed by atoms with Gasteiger partial charge in [-0.05, 0) is 44.9 Å². The van der Waals surface area contributed by atoms with Gasteiger partial charge in [0.2, 0.25) is 15.8 Å². The second kappa shape index (κ2) is 11.4. The first-order valence-electron chi connectivity index (χ1n) is 10.0. The van der Waals surface area contributed by atoms with Gasteiger partial charge in [-0.25, -0.2) is 18.4 Å². The Bertz CT molecular complexity index is 950. The molecule has 0 fully saturated rings. The average molecular weight is 452 g/mol.